The zero-order chi connectivity index (χ0) is 14.7. The molecule has 1 saturated heterocycles. The molecule has 21 heavy (non-hydrogen) atoms. The maximum Gasteiger partial charge on any atom is 0.254 e. The Bertz CT molecular complexity index is 613. The fraction of sp³-hybridized carbons (Fsp3) is 0.471. The van der Waals surface area contributed by atoms with Gasteiger partial charge in [0.05, 0.1) is 0 Å². The van der Waals surface area contributed by atoms with E-state index in [1.807, 2.05) is 30.5 Å². The first-order valence-corrected chi connectivity index (χ1v) is 7.89. The van der Waals surface area contributed by atoms with Crippen molar-refractivity contribution in [1.29, 1.82) is 0 Å². The molecule has 2 N–H and O–H groups in total. The topological polar surface area (TPSA) is 48.1 Å². The van der Waals surface area contributed by atoms with Gasteiger partial charge in [-0.05, 0) is 44.0 Å². The highest BCUT2D eigenvalue weighted by Gasteiger charge is 2.26. The lowest BCUT2D eigenvalue weighted by atomic mass is 10.0. The van der Waals surface area contributed by atoms with Crippen LogP contribution in [0.4, 0.5) is 0 Å². The molecule has 0 bridgehead atoms. The third-order valence-corrected chi connectivity index (χ3v) is 4.26. The fourth-order valence-electron chi connectivity index (χ4n) is 3.22. The molecule has 0 saturated carbocycles. The summed E-state index contributed by atoms with van der Waals surface area (Å²) in [7, 11) is 0. The quantitative estimate of drug-likeness (QED) is 0.907. The maximum absolute atomic E-state index is 13.0. The molecular formula is C17H23N3O. The second kappa shape index (κ2) is 6.31. The predicted octanol–water partition coefficient (Wildman–Crippen LogP) is 2.77. The van der Waals surface area contributed by atoms with Gasteiger partial charge in [0, 0.05) is 41.8 Å². The second-order valence-electron chi connectivity index (χ2n) is 5.74. The Morgan fingerprint density at radius 3 is 3.05 bits per heavy atom. The molecular weight excluding hydrogens is 262 g/mol. The molecule has 2 heterocycles. The summed E-state index contributed by atoms with van der Waals surface area (Å²) in [6.07, 6.45) is 5.13. The van der Waals surface area contributed by atoms with Gasteiger partial charge in [-0.15, -0.1) is 0 Å². The SMILES string of the molecule is CCCN(C(=O)c1cccc2[nH]ccc12)C1CCCNC1. The van der Waals surface area contributed by atoms with Crippen molar-refractivity contribution in [2.75, 3.05) is 19.6 Å². The number of rotatable bonds is 4. The highest BCUT2D eigenvalue weighted by Crippen LogP contribution is 2.21. The van der Waals surface area contributed by atoms with Crippen molar-refractivity contribution in [2.45, 2.75) is 32.2 Å². The average Bonchev–Trinajstić information content (AvgIpc) is 3.01. The number of benzene rings is 1. The van der Waals surface area contributed by atoms with Gasteiger partial charge in [0.25, 0.3) is 5.91 Å². The van der Waals surface area contributed by atoms with Crippen LogP contribution in [0.15, 0.2) is 30.5 Å². The third kappa shape index (κ3) is 2.81. The summed E-state index contributed by atoms with van der Waals surface area (Å²) >= 11 is 0. The molecule has 1 fully saturated rings. The van der Waals surface area contributed by atoms with Crippen LogP contribution in [-0.4, -0.2) is 41.5 Å². The Morgan fingerprint density at radius 1 is 1.38 bits per heavy atom. The molecule has 0 spiro atoms. The number of carbonyl (C=O) groups excluding carboxylic acids is 1. The van der Waals surface area contributed by atoms with Gasteiger partial charge in [0.2, 0.25) is 0 Å². The van der Waals surface area contributed by atoms with Crippen LogP contribution in [0.5, 0.6) is 0 Å². The molecule has 0 aliphatic carbocycles. The molecule has 1 unspecified atom stereocenters. The van der Waals surface area contributed by atoms with Crippen LogP contribution in [0.2, 0.25) is 0 Å². The van der Waals surface area contributed by atoms with E-state index in [2.05, 4.69) is 22.1 Å². The summed E-state index contributed by atoms with van der Waals surface area (Å²) in [5.74, 6) is 0.163. The Labute approximate surface area is 125 Å². The largest absolute Gasteiger partial charge is 0.361 e. The number of hydrogen-bond acceptors (Lipinski definition) is 2. The van der Waals surface area contributed by atoms with Gasteiger partial charge in [-0.2, -0.15) is 0 Å². The van der Waals surface area contributed by atoms with Crippen LogP contribution < -0.4 is 5.32 Å². The molecule has 3 rings (SSSR count). The van der Waals surface area contributed by atoms with Crippen LogP contribution in [-0.2, 0) is 0 Å². The number of nitrogens with one attached hydrogen (secondary N) is 2. The van der Waals surface area contributed by atoms with Crippen LogP contribution in [0, 0.1) is 0 Å². The van der Waals surface area contributed by atoms with Gasteiger partial charge in [0.15, 0.2) is 0 Å². The highest BCUT2D eigenvalue weighted by molar-refractivity contribution is 6.06. The van der Waals surface area contributed by atoms with E-state index in [-0.39, 0.29) is 5.91 Å². The van der Waals surface area contributed by atoms with Crippen LogP contribution in [0.1, 0.15) is 36.5 Å². The summed E-state index contributed by atoms with van der Waals surface area (Å²) in [5, 5.41) is 4.43. The zero-order valence-electron chi connectivity index (χ0n) is 12.6. The van der Waals surface area contributed by atoms with Gasteiger partial charge >= 0.3 is 0 Å². The number of aromatic amines is 1. The number of piperidine rings is 1. The van der Waals surface area contributed by atoms with E-state index < -0.39 is 0 Å². The van der Waals surface area contributed by atoms with E-state index in [1.165, 1.54) is 0 Å². The molecule has 1 aliphatic heterocycles. The number of amides is 1. The molecule has 1 amide bonds. The minimum Gasteiger partial charge on any atom is -0.361 e. The summed E-state index contributed by atoms with van der Waals surface area (Å²) in [5.41, 5.74) is 1.84. The van der Waals surface area contributed by atoms with Crippen LogP contribution >= 0.6 is 0 Å². The van der Waals surface area contributed by atoms with Gasteiger partial charge in [-0.1, -0.05) is 13.0 Å². The molecule has 1 atom stereocenters. The minimum atomic E-state index is 0.163. The lowest BCUT2D eigenvalue weighted by molar-refractivity contribution is 0.0651. The van der Waals surface area contributed by atoms with E-state index in [9.17, 15) is 4.79 Å². The summed E-state index contributed by atoms with van der Waals surface area (Å²) < 4.78 is 0. The monoisotopic (exact) mass is 285 g/mol. The Kier molecular flexibility index (Phi) is 4.25. The van der Waals surface area contributed by atoms with Gasteiger partial charge in [-0.3, -0.25) is 4.79 Å². The van der Waals surface area contributed by atoms with Crippen molar-refractivity contribution in [3.05, 3.63) is 36.0 Å². The molecule has 2 aromatic rings. The molecule has 4 nitrogen and oxygen atoms in total. The van der Waals surface area contributed by atoms with E-state index in [4.69, 9.17) is 0 Å². The molecule has 1 aromatic carbocycles. The fourth-order valence-corrected chi connectivity index (χ4v) is 3.22. The van der Waals surface area contributed by atoms with E-state index in [0.29, 0.717) is 6.04 Å². The smallest absolute Gasteiger partial charge is 0.254 e. The van der Waals surface area contributed by atoms with Crippen molar-refractivity contribution in [3.8, 4) is 0 Å². The zero-order valence-corrected chi connectivity index (χ0v) is 12.6. The maximum atomic E-state index is 13.0. The van der Waals surface area contributed by atoms with Crippen molar-refractivity contribution < 1.29 is 4.79 Å². The lowest BCUT2D eigenvalue weighted by Gasteiger charge is -2.34. The van der Waals surface area contributed by atoms with Crippen molar-refractivity contribution >= 4 is 16.8 Å². The second-order valence-corrected chi connectivity index (χ2v) is 5.74. The number of aromatic nitrogens is 1. The van der Waals surface area contributed by atoms with Gasteiger partial charge in [-0.25, -0.2) is 0 Å². The van der Waals surface area contributed by atoms with Crippen LogP contribution in [0.3, 0.4) is 0 Å². The summed E-state index contributed by atoms with van der Waals surface area (Å²) in [6.45, 7) is 4.94. The van der Waals surface area contributed by atoms with E-state index in [1.54, 1.807) is 0 Å². The van der Waals surface area contributed by atoms with Crippen molar-refractivity contribution in [2.24, 2.45) is 0 Å². The number of hydrogen-bond donors (Lipinski definition) is 2. The van der Waals surface area contributed by atoms with Gasteiger partial charge < -0.3 is 15.2 Å². The van der Waals surface area contributed by atoms with Gasteiger partial charge in [0.1, 0.15) is 0 Å². The molecule has 4 heteroatoms. The average molecular weight is 285 g/mol. The first-order valence-electron chi connectivity index (χ1n) is 7.89. The molecule has 1 aliphatic rings. The molecule has 1 aromatic heterocycles. The molecule has 0 radical (unpaired) electrons. The first-order chi connectivity index (χ1) is 10.3. The standard InChI is InChI=1S/C17H23N3O/c1-2-11-20(13-5-4-9-18-12-13)17(21)15-6-3-7-16-14(15)8-10-19-16/h3,6-8,10,13,18-19H,2,4-5,9,11-12H2,1H3. The molecule has 112 valence electrons. The minimum absolute atomic E-state index is 0.163. The van der Waals surface area contributed by atoms with Crippen molar-refractivity contribution in [1.82, 2.24) is 15.2 Å². The lowest BCUT2D eigenvalue weighted by Crippen LogP contribution is -2.49. The summed E-state index contributed by atoms with van der Waals surface area (Å²) in [6, 6.07) is 8.22. The predicted molar refractivity (Wildman–Crippen MR) is 85.5 cm³/mol. The Morgan fingerprint density at radius 2 is 2.29 bits per heavy atom. The number of fused-ring (bicyclic) bond motifs is 1. The number of carbonyl (C=O) groups is 1. The number of nitrogens with zero attached hydrogens (tertiary/aromatic N) is 1. The Hall–Kier alpha value is -1.81. The van der Waals surface area contributed by atoms with E-state index >= 15 is 0 Å². The van der Waals surface area contributed by atoms with E-state index in [0.717, 1.165) is 55.4 Å². The third-order valence-electron chi connectivity index (χ3n) is 4.26. The van der Waals surface area contributed by atoms with Crippen molar-refractivity contribution in [3.63, 3.8) is 0 Å². The first kappa shape index (κ1) is 14.1. The normalized spacial score (nSPS) is 18.8. The highest BCUT2D eigenvalue weighted by atomic mass is 16.2. The summed E-state index contributed by atoms with van der Waals surface area (Å²) in [4.78, 5) is 18.3. The van der Waals surface area contributed by atoms with Crippen LogP contribution in [0.25, 0.3) is 10.9 Å². The number of H-pyrrole nitrogens is 1. The Balaban J connectivity index is 1.91.